The second kappa shape index (κ2) is 7.07. The van der Waals surface area contributed by atoms with Crippen LogP contribution < -0.4 is 5.32 Å². The number of carbonyl (C=O) groups excluding carboxylic acids is 1. The molecule has 4 heteroatoms. The Balaban J connectivity index is 2.16. The van der Waals surface area contributed by atoms with Crippen molar-refractivity contribution >= 4 is 33.2 Å². The van der Waals surface area contributed by atoms with Crippen LogP contribution in [0.5, 0.6) is 0 Å². The lowest BCUT2D eigenvalue weighted by atomic mass is 10.1. The number of hydrogen-bond donors (Lipinski definition) is 1. The summed E-state index contributed by atoms with van der Waals surface area (Å²) >= 11 is 4.82. The lowest BCUT2D eigenvalue weighted by Crippen LogP contribution is -2.23. The highest BCUT2D eigenvalue weighted by molar-refractivity contribution is 9.11. The molecule has 0 saturated carbocycles. The summed E-state index contributed by atoms with van der Waals surface area (Å²) in [5.74, 6) is 0.796. The molecule has 1 heterocycles. The van der Waals surface area contributed by atoms with Crippen molar-refractivity contribution in [1.29, 1.82) is 0 Å². The van der Waals surface area contributed by atoms with Gasteiger partial charge in [-0.2, -0.15) is 0 Å². The van der Waals surface area contributed by atoms with E-state index in [1.54, 1.807) is 0 Å². The highest BCUT2D eigenvalue weighted by Crippen LogP contribution is 2.21. The van der Waals surface area contributed by atoms with Gasteiger partial charge in [0, 0.05) is 6.54 Å². The molecule has 90 valence electrons. The minimum Gasteiger partial charge on any atom is -0.351 e. The number of carbonyl (C=O) groups is 1. The Kier molecular flexibility index (Phi) is 6.06. The van der Waals surface area contributed by atoms with Gasteiger partial charge in [-0.05, 0) is 40.4 Å². The summed E-state index contributed by atoms with van der Waals surface area (Å²) in [6, 6.07) is 3.75. The Bertz CT molecular complexity index is 336. The quantitative estimate of drug-likeness (QED) is 0.789. The Hall–Kier alpha value is -0.350. The molecule has 0 atom stereocenters. The zero-order chi connectivity index (χ0) is 12.0. The smallest absolute Gasteiger partial charge is 0.261 e. The summed E-state index contributed by atoms with van der Waals surface area (Å²) in [5, 5.41) is 2.94. The predicted octanol–water partition coefficient (Wildman–Crippen LogP) is 4.07. The van der Waals surface area contributed by atoms with E-state index in [1.807, 2.05) is 12.1 Å². The van der Waals surface area contributed by atoms with Gasteiger partial charge in [-0.3, -0.25) is 4.79 Å². The van der Waals surface area contributed by atoms with Gasteiger partial charge in [0.15, 0.2) is 0 Å². The number of hydrogen-bond acceptors (Lipinski definition) is 2. The van der Waals surface area contributed by atoms with E-state index in [2.05, 4.69) is 35.1 Å². The fourth-order valence-electron chi connectivity index (χ4n) is 1.40. The summed E-state index contributed by atoms with van der Waals surface area (Å²) in [7, 11) is 0. The first-order valence-electron chi connectivity index (χ1n) is 5.63. The maximum atomic E-state index is 11.6. The molecule has 0 saturated heterocycles. The number of amides is 1. The molecule has 0 spiro atoms. The fourth-order valence-corrected chi connectivity index (χ4v) is 2.71. The number of halogens is 1. The molecule has 16 heavy (non-hydrogen) atoms. The van der Waals surface area contributed by atoms with Crippen LogP contribution in [0.3, 0.4) is 0 Å². The topological polar surface area (TPSA) is 29.1 Å². The molecule has 0 fully saturated rings. The fraction of sp³-hybridized carbons (Fsp3) is 0.583. The van der Waals surface area contributed by atoms with Gasteiger partial charge < -0.3 is 5.32 Å². The molecule has 0 aliphatic rings. The molecule has 1 amide bonds. The van der Waals surface area contributed by atoms with Gasteiger partial charge in [0.2, 0.25) is 0 Å². The number of nitrogens with one attached hydrogen (secondary N) is 1. The first-order valence-corrected chi connectivity index (χ1v) is 7.24. The van der Waals surface area contributed by atoms with Gasteiger partial charge in [0.1, 0.15) is 0 Å². The molecule has 1 N–H and O–H groups in total. The third kappa shape index (κ3) is 5.12. The van der Waals surface area contributed by atoms with E-state index in [4.69, 9.17) is 0 Å². The maximum Gasteiger partial charge on any atom is 0.261 e. The van der Waals surface area contributed by atoms with Gasteiger partial charge in [-0.15, -0.1) is 11.3 Å². The van der Waals surface area contributed by atoms with Crippen LogP contribution in [0.1, 0.15) is 42.8 Å². The van der Waals surface area contributed by atoms with Gasteiger partial charge in [-0.25, -0.2) is 0 Å². The summed E-state index contributed by atoms with van der Waals surface area (Å²) in [6.45, 7) is 5.23. The summed E-state index contributed by atoms with van der Waals surface area (Å²) in [5.41, 5.74) is 0. The zero-order valence-electron chi connectivity index (χ0n) is 9.75. The number of unbranched alkanes of at least 4 members (excludes halogenated alkanes) is 1. The monoisotopic (exact) mass is 303 g/mol. The van der Waals surface area contributed by atoms with Crippen molar-refractivity contribution in [3.8, 4) is 0 Å². The molecule has 0 bridgehead atoms. The van der Waals surface area contributed by atoms with E-state index in [0.29, 0.717) is 0 Å². The largest absolute Gasteiger partial charge is 0.351 e. The molecule has 1 aromatic heterocycles. The molecule has 0 unspecified atom stereocenters. The Labute approximate surface area is 110 Å². The third-order valence-corrected chi connectivity index (χ3v) is 3.91. The molecule has 0 aromatic carbocycles. The van der Waals surface area contributed by atoms with E-state index in [0.717, 1.165) is 27.5 Å². The average molecular weight is 304 g/mol. The minimum absolute atomic E-state index is 0.0419. The second-order valence-corrected chi connectivity index (χ2v) is 6.71. The molecule has 0 aliphatic carbocycles. The first-order chi connectivity index (χ1) is 7.59. The van der Waals surface area contributed by atoms with Crippen molar-refractivity contribution in [2.45, 2.75) is 33.1 Å². The molecular formula is C12H18BrNOS. The van der Waals surface area contributed by atoms with Crippen molar-refractivity contribution in [2.24, 2.45) is 5.92 Å². The highest BCUT2D eigenvalue weighted by atomic mass is 79.9. The SMILES string of the molecule is CC(C)CCCCNC(=O)c1ccc(Br)s1. The Morgan fingerprint density at radius 3 is 2.75 bits per heavy atom. The van der Waals surface area contributed by atoms with Crippen LogP contribution >= 0.6 is 27.3 Å². The Morgan fingerprint density at radius 2 is 2.19 bits per heavy atom. The standard InChI is InChI=1S/C12H18BrNOS/c1-9(2)5-3-4-8-14-12(15)10-6-7-11(13)16-10/h6-7,9H,3-5,8H2,1-2H3,(H,14,15). The summed E-state index contributed by atoms with van der Waals surface area (Å²) < 4.78 is 0.998. The van der Waals surface area contributed by atoms with Crippen LogP contribution in [0.25, 0.3) is 0 Å². The van der Waals surface area contributed by atoms with Crippen molar-refractivity contribution in [1.82, 2.24) is 5.32 Å². The van der Waals surface area contributed by atoms with E-state index in [1.165, 1.54) is 24.2 Å². The normalized spacial score (nSPS) is 10.8. The molecule has 0 aliphatic heterocycles. The van der Waals surface area contributed by atoms with Gasteiger partial charge in [0.25, 0.3) is 5.91 Å². The molecular weight excluding hydrogens is 286 g/mol. The predicted molar refractivity (Wildman–Crippen MR) is 73.0 cm³/mol. The third-order valence-electron chi connectivity index (χ3n) is 2.29. The minimum atomic E-state index is 0.0419. The van der Waals surface area contributed by atoms with Gasteiger partial charge in [-0.1, -0.05) is 26.7 Å². The van der Waals surface area contributed by atoms with Crippen LogP contribution in [0.4, 0.5) is 0 Å². The highest BCUT2D eigenvalue weighted by Gasteiger charge is 2.07. The van der Waals surface area contributed by atoms with E-state index in [9.17, 15) is 4.79 Å². The van der Waals surface area contributed by atoms with E-state index in [-0.39, 0.29) is 5.91 Å². The Morgan fingerprint density at radius 1 is 1.44 bits per heavy atom. The molecule has 0 radical (unpaired) electrons. The second-order valence-electron chi connectivity index (χ2n) is 4.25. The molecule has 1 aromatic rings. The number of rotatable bonds is 6. The zero-order valence-corrected chi connectivity index (χ0v) is 12.2. The van der Waals surface area contributed by atoms with Crippen molar-refractivity contribution in [3.63, 3.8) is 0 Å². The average Bonchev–Trinajstić information content (AvgIpc) is 2.63. The van der Waals surface area contributed by atoms with Crippen LogP contribution in [0.15, 0.2) is 15.9 Å². The lowest BCUT2D eigenvalue weighted by molar-refractivity contribution is 0.0957. The maximum absolute atomic E-state index is 11.6. The van der Waals surface area contributed by atoms with Crippen LogP contribution in [-0.2, 0) is 0 Å². The van der Waals surface area contributed by atoms with Crippen LogP contribution in [0, 0.1) is 5.92 Å². The van der Waals surface area contributed by atoms with Crippen LogP contribution in [0.2, 0.25) is 0 Å². The van der Waals surface area contributed by atoms with Crippen LogP contribution in [-0.4, -0.2) is 12.5 Å². The van der Waals surface area contributed by atoms with Crippen molar-refractivity contribution in [3.05, 3.63) is 20.8 Å². The van der Waals surface area contributed by atoms with Crippen molar-refractivity contribution in [2.75, 3.05) is 6.54 Å². The van der Waals surface area contributed by atoms with Crippen molar-refractivity contribution < 1.29 is 4.79 Å². The van der Waals surface area contributed by atoms with Gasteiger partial charge in [0.05, 0.1) is 8.66 Å². The lowest BCUT2D eigenvalue weighted by Gasteiger charge is -2.05. The molecule has 2 nitrogen and oxygen atoms in total. The summed E-state index contributed by atoms with van der Waals surface area (Å²) in [6.07, 6.45) is 3.49. The van der Waals surface area contributed by atoms with Gasteiger partial charge >= 0.3 is 0 Å². The van der Waals surface area contributed by atoms with E-state index < -0.39 is 0 Å². The first kappa shape index (κ1) is 13.7. The molecule has 1 rings (SSSR count). The summed E-state index contributed by atoms with van der Waals surface area (Å²) in [4.78, 5) is 12.4. The number of thiophene rings is 1. The van der Waals surface area contributed by atoms with E-state index >= 15 is 0 Å².